The summed E-state index contributed by atoms with van der Waals surface area (Å²) in [6, 6.07) is 5.97. The van der Waals surface area contributed by atoms with E-state index in [4.69, 9.17) is 5.73 Å². The van der Waals surface area contributed by atoms with Crippen molar-refractivity contribution in [2.45, 2.75) is 12.8 Å². The fourth-order valence-electron chi connectivity index (χ4n) is 2.07. The molecular formula is C13H13N3OS. The predicted molar refractivity (Wildman–Crippen MR) is 72.6 cm³/mol. The lowest BCUT2D eigenvalue weighted by Gasteiger charge is -2.01. The molecule has 0 fully saturated rings. The second-order valence-corrected chi connectivity index (χ2v) is 5.20. The molecule has 2 aromatic rings. The SMILES string of the molecule is NCCc1nc(-c2ccc3c(c2)CC(=O)N3)cs1. The largest absolute Gasteiger partial charge is 0.330 e. The van der Waals surface area contributed by atoms with Crippen molar-refractivity contribution < 1.29 is 4.79 Å². The molecule has 0 atom stereocenters. The minimum atomic E-state index is 0.0595. The van der Waals surface area contributed by atoms with Crippen molar-refractivity contribution in [3.05, 3.63) is 34.2 Å². The Labute approximate surface area is 109 Å². The Balaban J connectivity index is 1.92. The highest BCUT2D eigenvalue weighted by molar-refractivity contribution is 7.09. The Hall–Kier alpha value is -1.72. The van der Waals surface area contributed by atoms with Crippen LogP contribution in [0.15, 0.2) is 23.6 Å². The fraction of sp³-hybridized carbons (Fsp3) is 0.231. The van der Waals surface area contributed by atoms with Gasteiger partial charge in [-0.1, -0.05) is 6.07 Å². The van der Waals surface area contributed by atoms with Gasteiger partial charge in [-0.3, -0.25) is 4.79 Å². The van der Waals surface area contributed by atoms with Gasteiger partial charge in [0.15, 0.2) is 0 Å². The van der Waals surface area contributed by atoms with Gasteiger partial charge in [0.2, 0.25) is 5.91 Å². The number of fused-ring (bicyclic) bond motifs is 1. The molecule has 3 rings (SSSR count). The first-order chi connectivity index (χ1) is 8.76. The van der Waals surface area contributed by atoms with Gasteiger partial charge in [0.05, 0.1) is 17.1 Å². The number of anilines is 1. The maximum atomic E-state index is 11.3. The molecule has 1 aliphatic heterocycles. The van der Waals surface area contributed by atoms with E-state index >= 15 is 0 Å². The smallest absolute Gasteiger partial charge is 0.228 e. The van der Waals surface area contributed by atoms with Gasteiger partial charge in [-0.25, -0.2) is 4.98 Å². The lowest BCUT2D eigenvalue weighted by molar-refractivity contribution is -0.115. The van der Waals surface area contributed by atoms with Crippen LogP contribution in [0, 0.1) is 0 Å². The summed E-state index contributed by atoms with van der Waals surface area (Å²) in [5.74, 6) is 0.0595. The summed E-state index contributed by atoms with van der Waals surface area (Å²) in [6.45, 7) is 0.621. The molecule has 5 heteroatoms. The zero-order valence-corrected chi connectivity index (χ0v) is 10.6. The molecule has 1 aromatic carbocycles. The van der Waals surface area contributed by atoms with Crippen molar-refractivity contribution in [3.63, 3.8) is 0 Å². The highest BCUT2D eigenvalue weighted by atomic mass is 32.1. The third-order valence-electron chi connectivity index (χ3n) is 2.94. The number of aromatic nitrogens is 1. The predicted octanol–water partition coefficient (Wildman–Crippen LogP) is 1.81. The highest BCUT2D eigenvalue weighted by Gasteiger charge is 2.18. The molecule has 18 heavy (non-hydrogen) atoms. The summed E-state index contributed by atoms with van der Waals surface area (Å²) in [4.78, 5) is 15.8. The molecular weight excluding hydrogens is 246 g/mol. The van der Waals surface area contributed by atoms with Crippen LogP contribution in [0.2, 0.25) is 0 Å². The number of amides is 1. The van der Waals surface area contributed by atoms with Crippen LogP contribution in [-0.4, -0.2) is 17.4 Å². The van der Waals surface area contributed by atoms with Crippen LogP contribution in [0.25, 0.3) is 11.3 Å². The molecule has 0 unspecified atom stereocenters. The molecule has 0 saturated heterocycles. The van der Waals surface area contributed by atoms with Crippen molar-refractivity contribution in [2.24, 2.45) is 5.73 Å². The number of rotatable bonds is 3. The zero-order chi connectivity index (χ0) is 12.5. The normalized spacial score (nSPS) is 13.5. The Morgan fingerprint density at radius 2 is 2.33 bits per heavy atom. The van der Waals surface area contributed by atoms with Gasteiger partial charge in [-0.2, -0.15) is 0 Å². The van der Waals surface area contributed by atoms with E-state index in [1.165, 1.54) is 0 Å². The monoisotopic (exact) mass is 259 g/mol. The quantitative estimate of drug-likeness (QED) is 0.883. The molecule has 0 spiro atoms. The molecule has 3 N–H and O–H groups in total. The van der Waals surface area contributed by atoms with Crippen LogP contribution >= 0.6 is 11.3 Å². The number of hydrogen-bond acceptors (Lipinski definition) is 4. The third kappa shape index (κ3) is 2.02. The molecule has 0 saturated carbocycles. The number of nitrogens with one attached hydrogen (secondary N) is 1. The highest BCUT2D eigenvalue weighted by Crippen LogP contribution is 2.29. The van der Waals surface area contributed by atoms with E-state index in [9.17, 15) is 4.79 Å². The van der Waals surface area contributed by atoms with Gasteiger partial charge in [0.1, 0.15) is 0 Å². The van der Waals surface area contributed by atoms with Gasteiger partial charge in [-0.15, -0.1) is 11.3 Å². The summed E-state index contributed by atoms with van der Waals surface area (Å²) in [5, 5.41) is 5.92. The van der Waals surface area contributed by atoms with E-state index in [0.717, 1.165) is 33.9 Å². The summed E-state index contributed by atoms with van der Waals surface area (Å²) >= 11 is 1.63. The molecule has 0 bridgehead atoms. The van der Waals surface area contributed by atoms with Crippen LogP contribution in [0.4, 0.5) is 5.69 Å². The standard InChI is InChI=1S/C13H13N3OS/c14-4-3-13-16-11(7-18-13)8-1-2-10-9(5-8)6-12(17)15-10/h1-2,5,7H,3-4,6,14H2,(H,15,17). The van der Waals surface area contributed by atoms with Crippen LogP contribution in [0.3, 0.4) is 0 Å². The number of carbonyl (C=O) groups is 1. The van der Waals surface area contributed by atoms with Crippen molar-refractivity contribution in [1.29, 1.82) is 0 Å². The fourth-order valence-corrected chi connectivity index (χ4v) is 2.89. The molecule has 1 amide bonds. The van der Waals surface area contributed by atoms with Gasteiger partial charge < -0.3 is 11.1 Å². The number of hydrogen-bond donors (Lipinski definition) is 2. The van der Waals surface area contributed by atoms with E-state index < -0.39 is 0 Å². The summed E-state index contributed by atoms with van der Waals surface area (Å²) in [5.41, 5.74) is 9.51. The molecule has 0 radical (unpaired) electrons. The molecule has 0 aliphatic carbocycles. The van der Waals surface area contributed by atoms with E-state index in [0.29, 0.717) is 13.0 Å². The van der Waals surface area contributed by atoms with E-state index in [1.54, 1.807) is 11.3 Å². The minimum Gasteiger partial charge on any atom is -0.330 e. The number of carbonyl (C=O) groups excluding carboxylic acids is 1. The maximum Gasteiger partial charge on any atom is 0.228 e. The van der Waals surface area contributed by atoms with Crippen LogP contribution in [0.5, 0.6) is 0 Å². The summed E-state index contributed by atoms with van der Waals surface area (Å²) in [7, 11) is 0. The van der Waals surface area contributed by atoms with Gasteiger partial charge in [0.25, 0.3) is 0 Å². The molecule has 2 heterocycles. The van der Waals surface area contributed by atoms with Crippen LogP contribution in [-0.2, 0) is 17.6 Å². The number of nitrogens with zero attached hydrogens (tertiary/aromatic N) is 1. The molecule has 1 aromatic heterocycles. The topological polar surface area (TPSA) is 68.0 Å². The maximum absolute atomic E-state index is 11.3. The van der Waals surface area contributed by atoms with Crippen LogP contribution < -0.4 is 11.1 Å². The Kier molecular flexibility index (Phi) is 2.85. The van der Waals surface area contributed by atoms with Crippen molar-refractivity contribution in [1.82, 2.24) is 4.98 Å². The van der Waals surface area contributed by atoms with E-state index in [-0.39, 0.29) is 5.91 Å². The number of nitrogens with two attached hydrogens (primary N) is 1. The lowest BCUT2D eigenvalue weighted by atomic mass is 10.1. The second-order valence-electron chi connectivity index (χ2n) is 4.26. The summed E-state index contributed by atoms with van der Waals surface area (Å²) < 4.78 is 0. The van der Waals surface area contributed by atoms with Crippen molar-refractivity contribution in [3.8, 4) is 11.3 Å². The first-order valence-corrected chi connectivity index (χ1v) is 6.72. The minimum absolute atomic E-state index is 0.0595. The summed E-state index contributed by atoms with van der Waals surface area (Å²) in [6.07, 6.45) is 1.28. The Bertz CT molecular complexity index is 606. The van der Waals surface area contributed by atoms with Crippen LogP contribution in [0.1, 0.15) is 10.6 Å². The number of benzene rings is 1. The van der Waals surface area contributed by atoms with E-state index in [2.05, 4.69) is 10.3 Å². The first kappa shape index (κ1) is 11.4. The number of thiazole rings is 1. The lowest BCUT2D eigenvalue weighted by Crippen LogP contribution is -2.03. The van der Waals surface area contributed by atoms with E-state index in [1.807, 2.05) is 23.6 Å². The molecule has 1 aliphatic rings. The van der Waals surface area contributed by atoms with Gasteiger partial charge in [-0.05, 0) is 24.2 Å². The van der Waals surface area contributed by atoms with Crippen molar-refractivity contribution >= 4 is 22.9 Å². The van der Waals surface area contributed by atoms with Gasteiger partial charge >= 0.3 is 0 Å². The first-order valence-electron chi connectivity index (χ1n) is 5.84. The molecule has 92 valence electrons. The van der Waals surface area contributed by atoms with Crippen molar-refractivity contribution in [2.75, 3.05) is 11.9 Å². The molecule has 4 nitrogen and oxygen atoms in total. The Morgan fingerprint density at radius 3 is 3.17 bits per heavy atom. The second kappa shape index (κ2) is 4.51. The average Bonchev–Trinajstić information content (AvgIpc) is 2.93. The van der Waals surface area contributed by atoms with Gasteiger partial charge in [0, 0.05) is 23.1 Å². The Morgan fingerprint density at radius 1 is 1.44 bits per heavy atom. The average molecular weight is 259 g/mol. The zero-order valence-electron chi connectivity index (χ0n) is 9.77. The third-order valence-corrected chi connectivity index (χ3v) is 3.84.